The van der Waals surface area contributed by atoms with E-state index in [0.717, 1.165) is 44.8 Å². The fraction of sp³-hybridized carbons (Fsp3) is 0.355. The predicted octanol–water partition coefficient (Wildman–Crippen LogP) is 4.53. The number of pyridine rings is 2. The molecule has 0 saturated carbocycles. The minimum atomic E-state index is -1.26. The molecular formula is C31H38N4O4. The van der Waals surface area contributed by atoms with E-state index in [-0.39, 0.29) is 0 Å². The van der Waals surface area contributed by atoms with Crippen molar-refractivity contribution in [2.24, 2.45) is 0 Å². The number of rotatable bonds is 9. The second-order valence-electron chi connectivity index (χ2n) is 9.87. The topological polar surface area (TPSA) is 107 Å². The Kier molecular flexibility index (Phi) is 11.3. The second-order valence-corrected chi connectivity index (χ2v) is 9.87. The van der Waals surface area contributed by atoms with Crippen LogP contribution in [-0.2, 0) is 22.6 Å². The minimum Gasteiger partial charge on any atom is -0.478 e. The van der Waals surface area contributed by atoms with E-state index < -0.39 is 11.9 Å². The summed E-state index contributed by atoms with van der Waals surface area (Å²) >= 11 is 0. The fourth-order valence-corrected chi connectivity index (χ4v) is 4.54. The van der Waals surface area contributed by atoms with Crippen LogP contribution in [0.25, 0.3) is 11.3 Å². The maximum atomic E-state index is 9.55. The molecule has 0 unspecified atom stereocenters. The molecule has 0 aliphatic carbocycles. The standard InChI is InChI=1S/C27H34N4.C4H4O4/c1-21-17-26(18-22(2)23(21)3)27-19-25(8-11-29-27)20-31-15-13-30(14-16-31)12-4-5-24-6-9-28-10-7-24;5-3(6)1-2-4(7)8/h6-11,17-19H,4-5,12-16,20H2,1-3H3;1-2H,(H,5,6)(H,7,8)/b;2-1-. The van der Waals surface area contributed by atoms with Crippen molar-refractivity contribution in [3.8, 4) is 11.3 Å². The number of hydrogen-bond donors (Lipinski definition) is 2. The van der Waals surface area contributed by atoms with Crippen molar-refractivity contribution < 1.29 is 19.8 Å². The highest BCUT2D eigenvalue weighted by molar-refractivity contribution is 5.89. The van der Waals surface area contributed by atoms with Crippen molar-refractivity contribution in [1.82, 2.24) is 19.8 Å². The lowest BCUT2D eigenvalue weighted by atomic mass is 9.98. The Morgan fingerprint density at radius 1 is 0.821 bits per heavy atom. The number of hydrogen-bond acceptors (Lipinski definition) is 6. The number of aromatic nitrogens is 2. The molecule has 0 spiro atoms. The first kappa shape index (κ1) is 29.7. The molecule has 1 saturated heterocycles. The zero-order valence-corrected chi connectivity index (χ0v) is 23.0. The molecule has 8 heteroatoms. The number of aryl methyl sites for hydroxylation is 3. The molecule has 1 aromatic carbocycles. The molecular weight excluding hydrogens is 492 g/mol. The normalized spacial score (nSPS) is 14.1. The van der Waals surface area contributed by atoms with Gasteiger partial charge < -0.3 is 15.1 Å². The first-order valence-corrected chi connectivity index (χ1v) is 13.2. The highest BCUT2D eigenvalue weighted by atomic mass is 16.4. The number of aliphatic carboxylic acids is 2. The Labute approximate surface area is 230 Å². The summed E-state index contributed by atoms with van der Waals surface area (Å²) in [4.78, 5) is 33.0. The van der Waals surface area contributed by atoms with E-state index in [0.29, 0.717) is 12.2 Å². The van der Waals surface area contributed by atoms with E-state index in [1.165, 1.54) is 46.3 Å². The lowest BCUT2D eigenvalue weighted by Gasteiger charge is -2.34. The summed E-state index contributed by atoms with van der Waals surface area (Å²) in [7, 11) is 0. The van der Waals surface area contributed by atoms with Gasteiger partial charge in [0.05, 0.1) is 5.69 Å². The summed E-state index contributed by atoms with van der Waals surface area (Å²) in [5, 5.41) is 15.6. The third-order valence-corrected chi connectivity index (χ3v) is 6.98. The summed E-state index contributed by atoms with van der Waals surface area (Å²) in [5.41, 5.74) is 9.09. The highest BCUT2D eigenvalue weighted by Gasteiger charge is 2.17. The van der Waals surface area contributed by atoms with Crippen molar-refractivity contribution in [1.29, 1.82) is 0 Å². The highest BCUT2D eigenvalue weighted by Crippen LogP contribution is 2.24. The minimum absolute atomic E-state index is 0.558. The van der Waals surface area contributed by atoms with E-state index in [4.69, 9.17) is 10.2 Å². The number of benzene rings is 1. The Bertz CT molecular complexity index is 1230. The maximum Gasteiger partial charge on any atom is 0.328 e. The molecule has 39 heavy (non-hydrogen) atoms. The van der Waals surface area contributed by atoms with Gasteiger partial charge in [0.1, 0.15) is 0 Å². The van der Waals surface area contributed by atoms with E-state index in [9.17, 15) is 9.59 Å². The number of carbonyl (C=O) groups is 2. The molecule has 0 amide bonds. The van der Waals surface area contributed by atoms with Crippen molar-refractivity contribution in [2.45, 2.75) is 40.2 Å². The van der Waals surface area contributed by atoms with Crippen molar-refractivity contribution in [3.05, 3.63) is 95.0 Å². The van der Waals surface area contributed by atoms with E-state index in [1.807, 2.05) is 18.6 Å². The van der Waals surface area contributed by atoms with Gasteiger partial charge >= 0.3 is 11.9 Å². The first-order chi connectivity index (χ1) is 18.7. The van der Waals surface area contributed by atoms with Crippen LogP contribution in [0.3, 0.4) is 0 Å². The number of carboxylic acid groups (broad SMARTS) is 2. The van der Waals surface area contributed by atoms with Crippen LogP contribution in [0.15, 0.2) is 67.1 Å². The Morgan fingerprint density at radius 3 is 1.97 bits per heavy atom. The second kappa shape index (κ2) is 14.9. The quantitative estimate of drug-likeness (QED) is 0.389. The van der Waals surface area contributed by atoms with Gasteiger partial charge in [-0.1, -0.05) is 0 Å². The van der Waals surface area contributed by atoms with E-state index in [1.54, 1.807) is 0 Å². The SMILES string of the molecule is Cc1cc(-c2cc(CN3CCN(CCCc4ccncc4)CC3)ccn2)cc(C)c1C.O=C(O)/C=C\C(=O)O. The van der Waals surface area contributed by atoms with Crippen LogP contribution >= 0.6 is 0 Å². The van der Waals surface area contributed by atoms with Crippen LogP contribution in [0.2, 0.25) is 0 Å². The Hall–Kier alpha value is -3.88. The van der Waals surface area contributed by atoms with Gasteiger partial charge in [-0.2, -0.15) is 0 Å². The van der Waals surface area contributed by atoms with Crippen LogP contribution in [0.4, 0.5) is 0 Å². The molecule has 0 bridgehead atoms. The van der Waals surface area contributed by atoms with Gasteiger partial charge in [0.25, 0.3) is 0 Å². The average Bonchev–Trinajstić information content (AvgIpc) is 2.92. The fourth-order valence-electron chi connectivity index (χ4n) is 4.54. The van der Waals surface area contributed by atoms with E-state index >= 15 is 0 Å². The van der Waals surface area contributed by atoms with Gasteiger partial charge in [-0.3, -0.25) is 14.9 Å². The molecule has 3 aromatic rings. The van der Waals surface area contributed by atoms with Crippen LogP contribution < -0.4 is 0 Å². The van der Waals surface area contributed by atoms with Crippen LogP contribution in [-0.4, -0.2) is 74.6 Å². The zero-order chi connectivity index (χ0) is 28.2. The molecule has 0 atom stereocenters. The number of nitrogens with zero attached hydrogens (tertiary/aromatic N) is 4. The molecule has 206 valence electrons. The van der Waals surface area contributed by atoms with Gasteiger partial charge in [-0.15, -0.1) is 0 Å². The molecule has 8 nitrogen and oxygen atoms in total. The molecule has 1 fully saturated rings. The Morgan fingerprint density at radius 2 is 1.38 bits per heavy atom. The smallest absolute Gasteiger partial charge is 0.328 e. The van der Waals surface area contributed by atoms with Crippen LogP contribution in [0.5, 0.6) is 0 Å². The molecule has 4 rings (SSSR count). The largest absolute Gasteiger partial charge is 0.478 e. The molecule has 3 heterocycles. The van der Waals surface area contributed by atoms with Gasteiger partial charge in [-0.05, 0) is 104 Å². The summed E-state index contributed by atoms with van der Waals surface area (Å²) in [6.45, 7) is 13.3. The number of piperazine rings is 1. The predicted molar refractivity (Wildman–Crippen MR) is 153 cm³/mol. The van der Waals surface area contributed by atoms with Crippen molar-refractivity contribution in [3.63, 3.8) is 0 Å². The van der Waals surface area contributed by atoms with Crippen LogP contribution in [0.1, 0.15) is 34.2 Å². The summed E-state index contributed by atoms with van der Waals surface area (Å²) in [5.74, 6) is -2.51. The zero-order valence-electron chi connectivity index (χ0n) is 23.0. The van der Waals surface area contributed by atoms with Crippen molar-refractivity contribution in [2.75, 3.05) is 32.7 Å². The molecule has 1 aliphatic rings. The van der Waals surface area contributed by atoms with Crippen LogP contribution in [0, 0.1) is 20.8 Å². The summed E-state index contributed by atoms with van der Waals surface area (Å²) in [6, 6.07) is 13.2. The first-order valence-electron chi connectivity index (χ1n) is 13.2. The summed E-state index contributed by atoms with van der Waals surface area (Å²) < 4.78 is 0. The Balaban J connectivity index is 0.000000459. The lowest BCUT2D eigenvalue weighted by molar-refractivity contribution is -0.134. The summed E-state index contributed by atoms with van der Waals surface area (Å²) in [6.07, 6.45) is 9.21. The van der Waals surface area contributed by atoms with E-state index in [2.05, 4.69) is 76.9 Å². The van der Waals surface area contributed by atoms with Gasteiger partial charge in [0.2, 0.25) is 0 Å². The monoisotopic (exact) mass is 530 g/mol. The maximum absolute atomic E-state index is 9.55. The number of carboxylic acids is 2. The van der Waals surface area contributed by atoms with Crippen molar-refractivity contribution >= 4 is 11.9 Å². The van der Waals surface area contributed by atoms with Gasteiger partial charge in [-0.25, -0.2) is 9.59 Å². The van der Waals surface area contributed by atoms with Gasteiger partial charge in [0.15, 0.2) is 0 Å². The third kappa shape index (κ3) is 10.1. The average molecular weight is 531 g/mol. The van der Waals surface area contributed by atoms with Gasteiger partial charge in [0, 0.05) is 69.0 Å². The lowest BCUT2D eigenvalue weighted by Crippen LogP contribution is -2.46. The molecule has 2 N–H and O–H groups in total. The molecule has 0 radical (unpaired) electrons. The third-order valence-electron chi connectivity index (χ3n) is 6.98. The molecule has 1 aliphatic heterocycles. The molecule has 2 aromatic heterocycles.